The van der Waals surface area contributed by atoms with Gasteiger partial charge in [0.25, 0.3) is 0 Å². The van der Waals surface area contributed by atoms with Crippen molar-refractivity contribution < 1.29 is 14.3 Å². The molecule has 7 heteroatoms. The zero-order valence-electron chi connectivity index (χ0n) is 14.8. The number of thiazole rings is 1. The first-order chi connectivity index (χ1) is 13.2. The molecular weight excluding hydrogens is 362 g/mol. The Kier molecular flexibility index (Phi) is 6.27. The minimum atomic E-state index is -0.450. The number of anilines is 1. The molecule has 0 fully saturated rings. The lowest BCUT2D eigenvalue weighted by molar-refractivity contribution is -0.116. The lowest BCUT2D eigenvalue weighted by Crippen LogP contribution is -2.16. The quantitative estimate of drug-likeness (QED) is 0.627. The Morgan fingerprint density at radius 3 is 2.81 bits per heavy atom. The lowest BCUT2D eigenvalue weighted by atomic mass is 10.1. The molecule has 3 aromatic rings. The van der Waals surface area contributed by atoms with Crippen LogP contribution in [0.1, 0.15) is 29.4 Å². The lowest BCUT2D eigenvalue weighted by Gasteiger charge is -2.10. The third-order valence-corrected chi connectivity index (χ3v) is 4.71. The summed E-state index contributed by atoms with van der Waals surface area (Å²) >= 11 is 1.53. The first kappa shape index (κ1) is 18.7. The summed E-state index contributed by atoms with van der Waals surface area (Å²) in [5, 5.41) is 5.61. The number of hydrogen-bond acceptors (Lipinski definition) is 6. The van der Waals surface area contributed by atoms with Gasteiger partial charge in [0.15, 0.2) is 0 Å². The number of aryl methyl sites for hydroxylation is 1. The van der Waals surface area contributed by atoms with Crippen LogP contribution in [-0.2, 0) is 16.0 Å². The second kappa shape index (κ2) is 9.05. The van der Waals surface area contributed by atoms with Gasteiger partial charge in [-0.15, -0.1) is 11.3 Å². The summed E-state index contributed by atoms with van der Waals surface area (Å²) in [6.45, 7) is 2.02. The molecule has 0 aliphatic carbocycles. The van der Waals surface area contributed by atoms with Crippen LogP contribution in [0.2, 0.25) is 0 Å². The number of para-hydroxylation sites is 1. The average Bonchev–Trinajstić information content (AvgIpc) is 3.17. The van der Waals surface area contributed by atoms with Crippen molar-refractivity contribution in [3.05, 3.63) is 65.4 Å². The Labute approximate surface area is 161 Å². The molecular formula is C20H19N3O3S. The number of carbonyl (C=O) groups is 2. The monoisotopic (exact) mass is 381 g/mol. The largest absolute Gasteiger partial charge is 0.462 e. The second-order valence-electron chi connectivity index (χ2n) is 5.70. The maximum Gasteiger partial charge on any atom is 0.340 e. The van der Waals surface area contributed by atoms with E-state index in [0.717, 1.165) is 16.3 Å². The fraction of sp³-hybridized carbons (Fsp3) is 0.200. The maximum absolute atomic E-state index is 12.3. The van der Waals surface area contributed by atoms with Gasteiger partial charge in [-0.2, -0.15) is 0 Å². The van der Waals surface area contributed by atoms with Gasteiger partial charge in [0.05, 0.1) is 23.6 Å². The zero-order valence-corrected chi connectivity index (χ0v) is 15.7. The van der Waals surface area contributed by atoms with Gasteiger partial charge in [-0.05, 0) is 37.6 Å². The highest BCUT2D eigenvalue weighted by Gasteiger charge is 2.14. The number of benzene rings is 1. The molecule has 138 valence electrons. The molecule has 0 atom stereocenters. The molecule has 1 aromatic carbocycles. The molecule has 0 bridgehead atoms. The molecule has 0 saturated heterocycles. The third-order valence-electron chi connectivity index (χ3n) is 3.76. The number of aromatic nitrogens is 2. The molecule has 0 unspecified atom stereocenters. The van der Waals surface area contributed by atoms with Crippen LogP contribution in [0, 0.1) is 0 Å². The van der Waals surface area contributed by atoms with Crippen LogP contribution in [0.4, 0.5) is 5.69 Å². The predicted octanol–water partition coefficient (Wildman–Crippen LogP) is 3.95. The second-order valence-corrected chi connectivity index (χ2v) is 6.56. The molecule has 27 heavy (non-hydrogen) atoms. The van der Waals surface area contributed by atoms with E-state index in [1.165, 1.54) is 11.3 Å². The summed E-state index contributed by atoms with van der Waals surface area (Å²) in [5.74, 6) is -0.628. The maximum atomic E-state index is 12.3. The summed E-state index contributed by atoms with van der Waals surface area (Å²) in [6, 6.07) is 10.6. The molecule has 2 aromatic heterocycles. The predicted molar refractivity (Wildman–Crippen MR) is 105 cm³/mol. The minimum absolute atomic E-state index is 0.178. The van der Waals surface area contributed by atoms with Gasteiger partial charge < -0.3 is 10.1 Å². The number of nitrogens with zero attached hydrogens (tertiary/aromatic N) is 2. The number of pyridine rings is 1. The van der Waals surface area contributed by atoms with Gasteiger partial charge >= 0.3 is 5.97 Å². The summed E-state index contributed by atoms with van der Waals surface area (Å²) in [7, 11) is 0. The van der Waals surface area contributed by atoms with E-state index >= 15 is 0 Å². The van der Waals surface area contributed by atoms with E-state index in [-0.39, 0.29) is 18.9 Å². The summed E-state index contributed by atoms with van der Waals surface area (Å²) in [4.78, 5) is 32.9. The minimum Gasteiger partial charge on any atom is -0.462 e. The number of ether oxygens (including phenoxy) is 1. The van der Waals surface area contributed by atoms with Crippen molar-refractivity contribution in [3.8, 4) is 10.6 Å². The smallest absolute Gasteiger partial charge is 0.340 e. The Balaban J connectivity index is 1.60. The highest BCUT2D eigenvalue weighted by atomic mass is 32.1. The van der Waals surface area contributed by atoms with Crippen molar-refractivity contribution in [1.29, 1.82) is 0 Å². The van der Waals surface area contributed by atoms with Crippen molar-refractivity contribution >= 4 is 28.9 Å². The van der Waals surface area contributed by atoms with Gasteiger partial charge in [-0.1, -0.05) is 12.1 Å². The fourth-order valence-corrected chi connectivity index (χ4v) is 3.32. The van der Waals surface area contributed by atoms with Gasteiger partial charge in [0, 0.05) is 29.8 Å². The van der Waals surface area contributed by atoms with Gasteiger partial charge in [-0.3, -0.25) is 9.78 Å². The van der Waals surface area contributed by atoms with Crippen molar-refractivity contribution in [3.63, 3.8) is 0 Å². The summed E-state index contributed by atoms with van der Waals surface area (Å²) in [6.07, 6.45) is 4.27. The topological polar surface area (TPSA) is 81.2 Å². The Morgan fingerprint density at radius 2 is 2.04 bits per heavy atom. The Hall–Kier alpha value is -3.06. The number of nitrogens with one attached hydrogen (secondary N) is 1. The van der Waals surface area contributed by atoms with E-state index < -0.39 is 5.97 Å². The number of rotatable bonds is 7. The molecule has 0 spiro atoms. The van der Waals surface area contributed by atoms with Crippen LogP contribution in [0.3, 0.4) is 0 Å². The fourth-order valence-electron chi connectivity index (χ4n) is 2.48. The van der Waals surface area contributed by atoms with E-state index in [9.17, 15) is 9.59 Å². The normalized spacial score (nSPS) is 10.4. The van der Waals surface area contributed by atoms with E-state index in [1.54, 1.807) is 43.6 Å². The van der Waals surface area contributed by atoms with Crippen LogP contribution in [0.15, 0.2) is 54.2 Å². The van der Waals surface area contributed by atoms with Crippen LogP contribution in [0.25, 0.3) is 10.6 Å². The molecule has 0 radical (unpaired) electrons. The molecule has 6 nitrogen and oxygen atoms in total. The first-order valence-electron chi connectivity index (χ1n) is 8.58. The van der Waals surface area contributed by atoms with Crippen LogP contribution < -0.4 is 5.32 Å². The van der Waals surface area contributed by atoms with Crippen LogP contribution in [0.5, 0.6) is 0 Å². The van der Waals surface area contributed by atoms with Gasteiger partial charge in [-0.25, -0.2) is 9.78 Å². The standard InChI is InChI=1S/C20H19N3O3S/c1-2-26-20(25)16-7-3-4-8-17(16)23-18(24)10-9-15-13-27-19(22-15)14-6-5-11-21-12-14/h3-8,11-13H,2,9-10H2,1H3,(H,23,24). The summed E-state index contributed by atoms with van der Waals surface area (Å²) in [5.41, 5.74) is 2.62. The van der Waals surface area contributed by atoms with E-state index in [2.05, 4.69) is 15.3 Å². The van der Waals surface area contributed by atoms with E-state index in [0.29, 0.717) is 17.7 Å². The highest BCUT2D eigenvalue weighted by molar-refractivity contribution is 7.13. The van der Waals surface area contributed by atoms with Crippen molar-refractivity contribution in [2.75, 3.05) is 11.9 Å². The van der Waals surface area contributed by atoms with E-state index in [4.69, 9.17) is 4.74 Å². The van der Waals surface area contributed by atoms with E-state index in [1.807, 2.05) is 17.5 Å². The van der Waals surface area contributed by atoms with Crippen LogP contribution >= 0.6 is 11.3 Å². The van der Waals surface area contributed by atoms with Crippen molar-refractivity contribution in [2.45, 2.75) is 19.8 Å². The van der Waals surface area contributed by atoms with Crippen molar-refractivity contribution in [1.82, 2.24) is 9.97 Å². The Morgan fingerprint density at radius 1 is 1.19 bits per heavy atom. The van der Waals surface area contributed by atoms with Crippen LogP contribution in [-0.4, -0.2) is 28.5 Å². The zero-order chi connectivity index (χ0) is 19.1. The SMILES string of the molecule is CCOC(=O)c1ccccc1NC(=O)CCc1csc(-c2cccnc2)n1. The molecule has 1 N–H and O–H groups in total. The molecule has 0 aliphatic rings. The van der Waals surface area contributed by atoms with Crippen molar-refractivity contribution in [2.24, 2.45) is 0 Å². The van der Waals surface area contributed by atoms with Gasteiger partial charge in [0.2, 0.25) is 5.91 Å². The molecule has 0 aliphatic heterocycles. The number of amides is 1. The number of carbonyl (C=O) groups excluding carboxylic acids is 2. The number of hydrogen-bond donors (Lipinski definition) is 1. The molecule has 2 heterocycles. The molecule has 1 amide bonds. The molecule has 3 rings (SSSR count). The Bertz CT molecular complexity index is 925. The number of esters is 1. The first-order valence-corrected chi connectivity index (χ1v) is 9.46. The highest BCUT2D eigenvalue weighted by Crippen LogP contribution is 2.23. The average molecular weight is 381 g/mol. The summed E-state index contributed by atoms with van der Waals surface area (Å²) < 4.78 is 5.02. The molecule has 0 saturated carbocycles. The third kappa shape index (κ3) is 4.98. The van der Waals surface area contributed by atoms with Gasteiger partial charge in [0.1, 0.15) is 5.01 Å².